The predicted octanol–water partition coefficient (Wildman–Crippen LogP) is 3.28. The van der Waals surface area contributed by atoms with Gasteiger partial charge in [-0.1, -0.05) is 23.7 Å². The van der Waals surface area contributed by atoms with Crippen molar-refractivity contribution < 1.29 is 4.79 Å². The minimum atomic E-state index is -0.0151. The van der Waals surface area contributed by atoms with E-state index in [0.717, 1.165) is 41.2 Å². The van der Waals surface area contributed by atoms with Crippen molar-refractivity contribution in [2.24, 2.45) is 0 Å². The van der Waals surface area contributed by atoms with Gasteiger partial charge in [0.25, 0.3) is 5.91 Å². The van der Waals surface area contributed by atoms with Crippen molar-refractivity contribution in [2.45, 2.75) is 12.8 Å². The third kappa shape index (κ3) is 3.37. The predicted molar refractivity (Wildman–Crippen MR) is 86.1 cm³/mol. The van der Waals surface area contributed by atoms with Gasteiger partial charge >= 0.3 is 0 Å². The average molecular weight is 301 g/mol. The van der Waals surface area contributed by atoms with Crippen LogP contribution in [0.25, 0.3) is 0 Å². The van der Waals surface area contributed by atoms with Crippen LogP contribution in [0, 0.1) is 0 Å². The Bertz CT molecular complexity index is 652. The van der Waals surface area contributed by atoms with E-state index >= 15 is 0 Å². The number of nitrogens with one attached hydrogen (secondary N) is 2. The number of hydrogen-bond donors (Lipinski definition) is 2. The number of benzene rings is 2. The first kappa shape index (κ1) is 14.0. The highest BCUT2D eigenvalue weighted by Crippen LogP contribution is 2.22. The average Bonchev–Trinajstić information content (AvgIpc) is 2.96. The molecule has 0 saturated heterocycles. The number of amides is 1. The molecule has 1 aliphatic heterocycles. The van der Waals surface area contributed by atoms with Gasteiger partial charge in [0, 0.05) is 29.4 Å². The minimum absolute atomic E-state index is 0.0151. The van der Waals surface area contributed by atoms with E-state index < -0.39 is 0 Å². The number of fused-ring (bicyclic) bond motifs is 1. The summed E-state index contributed by atoms with van der Waals surface area (Å²) in [7, 11) is 0. The quantitative estimate of drug-likeness (QED) is 0.910. The molecule has 0 aromatic heterocycles. The Morgan fingerprint density at radius 2 is 2.00 bits per heavy atom. The van der Waals surface area contributed by atoms with E-state index in [0.29, 0.717) is 6.54 Å². The van der Waals surface area contributed by atoms with E-state index in [1.54, 1.807) is 0 Å². The van der Waals surface area contributed by atoms with Crippen molar-refractivity contribution >= 4 is 23.2 Å². The SMILES string of the molecule is O=C(NCCc1ccc(Cl)cc1)c1ccc2c(c1)CCN2. The van der Waals surface area contributed by atoms with E-state index in [2.05, 4.69) is 10.6 Å². The maximum absolute atomic E-state index is 12.1. The van der Waals surface area contributed by atoms with Crippen LogP contribution in [-0.4, -0.2) is 19.0 Å². The first-order valence-electron chi connectivity index (χ1n) is 7.12. The van der Waals surface area contributed by atoms with Gasteiger partial charge in [0.15, 0.2) is 0 Å². The fourth-order valence-corrected chi connectivity index (χ4v) is 2.65. The van der Waals surface area contributed by atoms with Crippen LogP contribution in [0.15, 0.2) is 42.5 Å². The van der Waals surface area contributed by atoms with Crippen LogP contribution >= 0.6 is 11.6 Å². The number of carbonyl (C=O) groups excluding carboxylic acids is 1. The van der Waals surface area contributed by atoms with Gasteiger partial charge in [0.05, 0.1) is 0 Å². The molecule has 2 aromatic rings. The molecule has 0 fully saturated rings. The largest absolute Gasteiger partial charge is 0.384 e. The van der Waals surface area contributed by atoms with Gasteiger partial charge in [-0.2, -0.15) is 0 Å². The molecule has 3 nitrogen and oxygen atoms in total. The van der Waals surface area contributed by atoms with Gasteiger partial charge in [-0.25, -0.2) is 0 Å². The van der Waals surface area contributed by atoms with E-state index in [4.69, 9.17) is 11.6 Å². The fourth-order valence-electron chi connectivity index (χ4n) is 2.52. The maximum Gasteiger partial charge on any atom is 0.251 e. The van der Waals surface area contributed by atoms with Gasteiger partial charge in [0.1, 0.15) is 0 Å². The molecule has 0 spiro atoms. The summed E-state index contributed by atoms with van der Waals surface area (Å²) < 4.78 is 0. The van der Waals surface area contributed by atoms with E-state index in [1.807, 2.05) is 42.5 Å². The van der Waals surface area contributed by atoms with Gasteiger partial charge in [-0.15, -0.1) is 0 Å². The molecule has 1 aliphatic rings. The molecular weight excluding hydrogens is 284 g/mol. The molecule has 0 radical (unpaired) electrons. The van der Waals surface area contributed by atoms with Crippen molar-refractivity contribution in [1.29, 1.82) is 0 Å². The number of carbonyl (C=O) groups is 1. The fraction of sp³-hybridized carbons (Fsp3) is 0.235. The third-order valence-corrected chi connectivity index (χ3v) is 3.94. The molecule has 0 bridgehead atoms. The van der Waals surface area contributed by atoms with Crippen LogP contribution in [0.3, 0.4) is 0 Å². The lowest BCUT2D eigenvalue weighted by Crippen LogP contribution is -2.25. The Hall–Kier alpha value is -2.00. The first-order valence-corrected chi connectivity index (χ1v) is 7.49. The van der Waals surface area contributed by atoms with E-state index in [1.165, 1.54) is 5.56 Å². The molecule has 1 heterocycles. The zero-order valence-corrected chi connectivity index (χ0v) is 12.4. The third-order valence-electron chi connectivity index (χ3n) is 3.69. The Labute approximate surface area is 129 Å². The lowest BCUT2D eigenvalue weighted by molar-refractivity contribution is 0.0954. The molecule has 0 unspecified atom stereocenters. The highest BCUT2D eigenvalue weighted by molar-refractivity contribution is 6.30. The molecule has 108 valence electrons. The highest BCUT2D eigenvalue weighted by atomic mass is 35.5. The smallest absolute Gasteiger partial charge is 0.251 e. The summed E-state index contributed by atoms with van der Waals surface area (Å²) in [6.07, 6.45) is 1.79. The van der Waals surface area contributed by atoms with Gasteiger partial charge < -0.3 is 10.6 Å². The summed E-state index contributed by atoms with van der Waals surface area (Å²) in [5, 5.41) is 6.98. The molecule has 2 N–H and O–H groups in total. The van der Waals surface area contributed by atoms with Crippen molar-refractivity contribution in [2.75, 3.05) is 18.4 Å². The number of anilines is 1. The van der Waals surface area contributed by atoms with Crippen molar-refractivity contribution in [3.63, 3.8) is 0 Å². The second-order valence-electron chi connectivity index (χ2n) is 5.18. The molecule has 2 aromatic carbocycles. The lowest BCUT2D eigenvalue weighted by Gasteiger charge is -2.07. The highest BCUT2D eigenvalue weighted by Gasteiger charge is 2.13. The Morgan fingerprint density at radius 1 is 1.19 bits per heavy atom. The van der Waals surface area contributed by atoms with Crippen LogP contribution in [-0.2, 0) is 12.8 Å². The summed E-state index contributed by atoms with van der Waals surface area (Å²) >= 11 is 5.85. The van der Waals surface area contributed by atoms with E-state index in [-0.39, 0.29) is 5.91 Å². The number of hydrogen-bond acceptors (Lipinski definition) is 2. The zero-order valence-electron chi connectivity index (χ0n) is 11.7. The normalized spacial score (nSPS) is 12.6. The van der Waals surface area contributed by atoms with Crippen LogP contribution < -0.4 is 10.6 Å². The number of halogens is 1. The summed E-state index contributed by atoms with van der Waals surface area (Å²) in [5.41, 5.74) is 4.26. The molecule has 0 atom stereocenters. The lowest BCUT2D eigenvalue weighted by atomic mass is 10.1. The van der Waals surface area contributed by atoms with Crippen LogP contribution in [0.4, 0.5) is 5.69 Å². The standard InChI is InChI=1S/C17H17ClN2O/c18-15-4-1-12(2-5-15)7-9-20-17(21)14-3-6-16-13(11-14)8-10-19-16/h1-6,11,19H,7-10H2,(H,20,21). The Morgan fingerprint density at radius 3 is 2.81 bits per heavy atom. The molecule has 0 saturated carbocycles. The van der Waals surface area contributed by atoms with Crippen LogP contribution in [0.1, 0.15) is 21.5 Å². The van der Waals surface area contributed by atoms with Crippen LogP contribution in [0.2, 0.25) is 5.02 Å². The van der Waals surface area contributed by atoms with Gasteiger partial charge in [-0.05, 0) is 54.3 Å². The summed E-state index contributed by atoms with van der Waals surface area (Å²) in [6, 6.07) is 13.5. The summed E-state index contributed by atoms with van der Waals surface area (Å²) in [4.78, 5) is 12.1. The Balaban J connectivity index is 1.55. The molecule has 4 heteroatoms. The first-order chi connectivity index (χ1) is 10.2. The molecule has 21 heavy (non-hydrogen) atoms. The van der Waals surface area contributed by atoms with Crippen molar-refractivity contribution in [1.82, 2.24) is 5.32 Å². The molecule has 3 rings (SSSR count). The summed E-state index contributed by atoms with van der Waals surface area (Å²) in [6.45, 7) is 1.58. The van der Waals surface area contributed by atoms with Crippen LogP contribution in [0.5, 0.6) is 0 Å². The van der Waals surface area contributed by atoms with Crippen molar-refractivity contribution in [3.8, 4) is 0 Å². The Kier molecular flexibility index (Phi) is 4.11. The topological polar surface area (TPSA) is 41.1 Å². The zero-order chi connectivity index (χ0) is 14.7. The van der Waals surface area contributed by atoms with E-state index in [9.17, 15) is 4.79 Å². The van der Waals surface area contributed by atoms with Gasteiger partial charge in [0.2, 0.25) is 0 Å². The summed E-state index contributed by atoms with van der Waals surface area (Å²) in [5.74, 6) is -0.0151. The van der Waals surface area contributed by atoms with Crippen molar-refractivity contribution in [3.05, 3.63) is 64.2 Å². The van der Waals surface area contributed by atoms with Gasteiger partial charge in [-0.3, -0.25) is 4.79 Å². The second-order valence-corrected chi connectivity index (χ2v) is 5.62. The second kappa shape index (κ2) is 6.19. The molecule has 0 aliphatic carbocycles. The molecule has 1 amide bonds. The number of rotatable bonds is 4. The molecular formula is C17H17ClN2O. The minimum Gasteiger partial charge on any atom is -0.384 e. The maximum atomic E-state index is 12.1. The monoisotopic (exact) mass is 300 g/mol.